The Hall–Kier alpha value is -1.22. The molecule has 0 radical (unpaired) electrons. The Labute approximate surface area is 82.3 Å². The Balaban J connectivity index is 2.07. The molecule has 3 heteroatoms. The minimum atomic E-state index is 0.367. The normalized spacial score (nSPS) is 15.4. The molecule has 1 aromatic carbocycles. The van der Waals surface area contributed by atoms with Crippen LogP contribution < -0.4 is 0 Å². The molecule has 0 saturated carbocycles. The molecule has 2 rings (SSSR count). The summed E-state index contributed by atoms with van der Waals surface area (Å²) in [4.78, 5) is 4.11. The van der Waals surface area contributed by atoms with Crippen LogP contribution in [0, 0.1) is 0 Å². The van der Waals surface area contributed by atoms with Gasteiger partial charge in [0.1, 0.15) is 6.61 Å². The molecule has 1 aliphatic heterocycles. The Kier molecular flexibility index (Phi) is 2.36. The van der Waals surface area contributed by atoms with Crippen LogP contribution >= 0.6 is 12.2 Å². The highest BCUT2D eigenvalue weighted by Crippen LogP contribution is 2.06. The lowest BCUT2D eigenvalue weighted by atomic mass is 10.1. The van der Waals surface area contributed by atoms with Gasteiger partial charge in [0, 0.05) is 6.42 Å². The van der Waals surface area contributed by atoms with Gasteiger partial charge in [0.25, 0.3) is 5.17 Å². The van der Waals surface area contributed by atoms with Crippen LogP contribution in [0.25, 0.3) is 0 Å². The Bertz CT molecular complexity index is 345. The first-order chi connectivity index (χ1) is 6.34. The van der Waals surface area contributed by atoms with Crippen molar-refractivity contribution in [2.75, 3.05) is 6.61 Å². The van der Waals surface area contributed by atoms with E-state index in [1.54, 1.807) is 0 Å². The Morgan fingerprint density at radius 1 is 1.31 bits per heavy atom. The van der Waals surface area contributed by atoms with Crippen molar-refractivity contribution in [1.29, 1.82) is 0 Å². The predicted octanol–water partition coefficient (Wildman–Crippen LogP) is 1.99. The summed E-state index contributed by atoms with van der Waals surface area (Å²) < 4.78 is 5.07. The molecule has 0 spiro atoms. The molecule has 0 N–H and O–H groups in total. The second-order valence-corrected chi connectivity index (χ2v) is 3.24. The maximum absolute atomic E-state index is 5.07. The van der Waals surface area contributed by atoms with E-state index in [1.807, 2.05) is 18.2 Å². The van der Waals surface area contributed by atoms with Crippen molar-refractivity contribution in [1.82, 2.24) is 0 Å². The van der Waals surface area contributed by atoms with E-state index in [4.69, 9.17) is 17.0 Å². The lowest BCUT2D eigenvalue weighted by Crippen LogP contribution is -2.04. The van der Waals surface area contributed by atoms with Crippen LogP contribution in [-0.2, 0) is 11.2 Å². The second kappa shape index (κ2) is 3.66. The molecule has 0 atom stereocenters. The van der Waals surface area contributed by atoms with E-state index in [0.29, 0.717) is 11.8 Å². The summed E-state index contributed by atoms with van der Waals surface area (Å²) >= 11 is 4.80. The molecule has 2 nitrogen and oxygen atoms in total. The topological polar surface area (TPSA) is 21.6 Å². The standard InChI is InChI=1S/C10H9NOS/c13-10-11-9(7-12-10)6-8-4-2-1-3-5-8/h1-5H,6-7H2. The Morgan fingerprint density at radius 3 is 2.69 bits per heavy atom. The van der Waals surface area contributed by atoms with Crippen LogP contribution in [0.2, 0.25) is 0 Å². The average molecular weight is 191 g/mol. The molecule has 66 valence electrons. The average Bonchev–Trinajstić information content (AvgIpc) is 2.53. The third-order valence-corrected chi connectivity index (χ3v) is 2.07. The van der Waals surface area contributed by atoms with Gasteiger partial charge in [0.15, 0.2) is 0 Å². The second-order valence-electron chi connectivity index (χ2n) is 2.89. The zero-order chi connectivity index (χ0) is 9.10. The van der Waals surface area contributed by atoms with Gasteiger partial charge in [-0.2, -0.15) is 0 Å². The summed E-state index contributed by atoms with van der Waals surface area (Å²) in [6.45, 7) is 0.549. The highest BCUT2D eigenvalue weighted by molar-refractivity contribution is 7.80. The number of nitrogens with zero attached hydrogens (tertiary/aromatic N) is 1. The van der Waals surface area contributed by atoms with Gasteiger partial charge in [0.2, 0.25) is 0 Å². The van der Waals surface area contributed by atoms with Crippen molar-refractivity contribution in [3.05, 3.63) is 35.9 Å². The third-order valence-electron chi connectivity index (χ3n) is 1.86. The highest BCUT2D eigenvalue weighted by atomic mass is 32.1. The summed E-state index contributed by atoms with van der Waals surface area (Å²) in [5.74, 6) is 0. The summed E-state index contributed by atoms with van der Waals surface area (Å²) in [6, 6.07) is 10.2. The van der Waals surface area contributed by atoms with Crippen LogP contribution in [-0.4, -0.2) is 17.5 Å². The summed E-state index contributed by atoms with van der Waals surface area (Å²) in [5.41, 5.74) is 2.26. The molecule has 0 bridgehead atoms. The molecular formula is C10H9NOS. The van der Waals surface area contributed by atoms with Crippen LogP contribution in [0.3, 0.4) is 0 Å². The molecule has 0 aliphatic carbocycles. The molecular weight excluding hydrogens is 182 g/mol. The van der Waals surface area contributed by atoms with Gasteiger partial charge >= 0.3 is 0 Å². The number of benzene rings is 1. The van der Waals surface area contributed by atoms with Crippen LogP contribution in [0.1, 0.15) is 5.56 Å². The molecule has 0 unspecified atom stereocenters. The number of hydrogen-bond acceptors (Lipinski definition) is 2. The van der Waals surface area contributed by atoms with Gasteiger partial charge in [-0.05, 0) is 17.8 Å². The van der Waals surface area contributed by atoms with Gasteiger partial charge in [-0.1, -0.05) is 30.3 Å². The molecule has 1 heterocycles. The zero-order valence-electron chi connectivity index (χ0n) is 7.06. The van der Waals surface area contributed by atoms with Gasteiger partial charge in [-0.15, -0.1) is 0 Å². The van der Waals surface area contributed by atoms with Crippen molar-refractivity contribution in [2.45, 2.75) is 6.42 Å². The predicted molar refractivity (Wildman–Crippen MR) is 56.1 cm³/mol. The van der Waals surface area contributed by atoms with Crippen LogP contribution in [0.4, 0.5) is 0 Å². The van der Waals surface area contributed by atoms with E-state index < -0.39 is 0 Å². The van der Waals surface area contributed by atoms with E-state index in [9.17, 15) is 0 Å². The summed E-state index contributed by atoms with van der Waals surface area (Å²) in [6.07, 6.45) is 0.834. The molecule has 1 aromatic rings. The largest absolute Gasteiger partial charge is 0.463 e. The van der Waals surface area contributed by atoms with Crippen LogP contribution in [0.15, 0.2) is 35.3 Å². The number of thiocarbonyl (C=S) groups is 1. The molecule has 0 fully saturated rings. The first-order valence-corrected chi connectivity index (χ1v) is 4.52. The first-order valence-electron chi connectivity index (χ1n) is 4.12. The van der Waals surface area contributed by atoms with Gasteiger partial charge in [-0.3, -0.25) is 0 Å². The minimum Gasteiger partial charge on any atom is -0.463 e. The number of ether oxygens (including phenoxy) is 1. The molecule has 1 aliphatic rings. The van der Waals surface area contributed by atoms with Crippen molar-refractivity contribution < 1.29 is 4.74 Å². The lowest BCUT2D eigenvalue weighted by Gasteiger charge is -1.97. The molecule has 0 aromatic heterocycles. The minimum absolute atomic E-state index is 0.367. The fraction of sp³-hybridized carbons (Fsp3) is 0.200. The van der Waals surface area contributed by atoms with Crippen molar-refractivity contribution >= 4 is 23.1 Å². The number of aliphatic imine (C=N–C) groups is 1. The fourth-order valence-corrected chi connectivity index (χ4v) is 1.45. The first kappa shape index (κ1) is 8.38. The Morgan fingerprint density at radius 2 is 2.08 bits per heavy atom. The maximum atomic E-state index is 5.07. The van der Waals surface area contributed by atoms with E-state index in [2.05, 4.69) is 17.1 Å². The van der Waals surface area contributed by atoms with Crippen molar-refractivity contribution in [2.24, 2.45) is 4.99 Å². The summed E-state index contributed by atoms with van der Waals surface area (Å²) in [5, 5.41) is 0.367. The molecule has 0 amide bonds. The van der Waals surface area contributed by atoms with Crippen LogP contribution in [0.5, 0.6) is 0 Å². The lowest BCUT2D eigenvalue weighted by molar-refractivity contribution is 0.384. The quantitative estimate of drug-likeness (QED) is 0.667. The zero-order valence-corrected chi connectivity index (χ0v) is 7.88. The monoisotopic (exact) mass is 191 g/mol. The maximum Gasteiger partial charge on any atom is 0.283 e. The van der Waals surface area contributed by atoms with E-state index >= 15 is 0 Å². The van der Waals surface area contributed by atoms with Gasteiger partial charge in [-0.25, -0.2) is 4.99 Å². The third kappa shape index (κ3) is 2.12. The SMILES string of the molecule is S=C1N=C(Cc2ccccc2)CO1. The highest BCUT2D eigenvalue weighted by Gasteiger charge is 2.11. The summed E-state index contributed by atoms with van der Waals surface area (Å²) in [7, 11) is 0. The fourth-order valence-electron chi connectivity index (χ4n) is 1.26. The van der Waals surface area contributed by atoms with E-state index in [-0.39, 0.29) is 0 Å². The van der Waals surface area contributed by atoms with Gasteiger partial charge in [0.05, 0.1) is 5.71 Å². The van der Waals surface area contributed by atoms with Crippen molar-refractivity contribution in [3.8, 4) is 0 Å². The van der Waals surface area contributed by atoms with Crippen molar-refractivity contribution in [3.63, 3.8) is 0 Å². The number of hydrogen-bond donors (Lipinski definition) is 0. The van der Waals surface area contributed by atoms with Gasteiger partial charge < -0.3 is 4.74 Å². The molecule has 13 heavy (non-hydrogen) atoms. The van der Waals surface area contributed by atoms with E-state index in [0.717, 1.165) is 12.1 Å². The smallest absolute Gasteiger partial charge is 0.283 e. The molecule has 0 saturated heterocycles. The number of rotatable bonds is 2. The van der Waals surface area contributed by atoms with E-state index in [1.165, 1.54) is 5.56 Å².